The van der Waals surface area contributed by atoms with E-state index in [0.29, 0.717) is 4.60 Å². The average molecular weight is 318 g/mol. The van der Waals surface area contributed by atoms with Gasteiger partial charge in [-0.2, -0.15) is 0 Å². The molecule has 2 heterocycles. The molecule has 1 atom stereocenters. The maximum Gasteiger partial charge on any atom is 0.153 e. The van der Waals surface area contributed by atoms with Crippen LogP contribution in [0.25, 0.3) is 0 Å². The van der Waals surface area contributed by atoms with Gasteiger partial charge in [0.2, 0.25) is 0 Å². The van der Waals surface area contributed by atoms with Crippen molar-refractivity contribution in [2.45, 2.75) is 6.04 Å². The monoisotopic (exact) mass is 317 g/mol. The molecule has 0 radical (unpaired) electrons. The Morgan fingerprint density at radius 1 is 1.65 bits per heavy atom. The zero-order valence-electron chi connectivity index (χ0n) is 9.35. The van der Waals surface area contributed by atoms with Crippen molar-refractivity contribution in [2.75, 3.05) is 7.11 Å². The highest BCUT2D eigenvalue weighted by atomic mass is 79.9. The molecule has 0 bridgehead atoms. The first-order valence-corrected chi connectivity index (χ1v) is 6.48. The van der Waals surface area contributed by atoms with Crippen LogP contribution in [0.1, 0.15) is 16.6 Å². The van der Waals surface area contributed by atoms with Crippen molar-refractivity contribution < 1.29 is 4.74 Å². The van der Waals surface area contributed by atoms with Crippen LogP contribution in [0.15, 0.2) is 16.0 Å². The molecule has 0 spiro atoms. The Balaban J connectivity index is 2.47. The van der Waals surface area contributed by atoms with Crippen molar-refractivity contribution >= 4 is 27.3 Å². The van der Waals surface area contributed by atoms with Crippen LogP contribution in [-0.2, 0) is 7.05 Å². The number of hydrogen-bond acceptors (Lipinski definition) is 6. The quantitative estimate of drug-likeness (QED) is 0.654. The van der Waals surface area contributed by atoms with E-state index in [1.54, 1.807) is 23.1 Å². The van der Waals surface area contributed by atoms with Gasteiger partial charge in [-0.15, -0.1) is 16.4 Å². The number of hydrogen-bond donors (Lipinski definition) is 2. The summed E-state index contributed by atoms with van der Waals surface area (Å²) in [5.74, 6) is 6.43. The Kier molecular flexibility index (Phi) is 3.77. The van der Waals surface area contributed by atoms with E-state index in [1.807, 2.05) is 18.5 Å². The Bertz CT molecular complexity index is 492. The van der Waals surface area contributed by atoms with E-state index in [9.17, 15) is 0 Å². The van der Waals surface area contributed by atoms with Crippen molar-refractivity contribution in [1.82, 2.24) is 20.4 Å². The Hall–Kier alpha value is -0.960. The lowest BCUT2D eigenvalue weighted by atomic mass is 10.2. The number of aromatic nitrogens is 3. The minimum absolute atomic E-state index is 0.209. The van der Waals surface area contributed by atoms with Crippen LogP contribution in [0, 0.1) is 0 Å². The zero-order chi connectivity index (χ0) is 12.4. The van der Waals surface area contributed by atoms with Gasteiger partial charge < -0.3 is 4.74 Å². The number of rotatable bonds is 4. The van der Waals surface area contributed by atoms with Gasteiger partial charge in [0.05, 0.1) is 17.7 Å². The summed E-state index contributed by atoms with van der Waals surface area (Å²) in [6.07, 6.45) is 0. The van der Waals surface area contributed by atoms with Crippen LogP contribution >= 0.6 is 27.3 Å². The molecule has 0 saturated heterocycles. The third kappa shape index (κ3) is 2.21. The van der Waals surface area contributed by atoms with Crippen LogP contribution in [0.5, 0.6) is 5.75 Å². The van der Waals surface area contributed by atoms with Crippen LogP contribution < -0.4 is 16.0 Å². The fourth-order valence-corrected chi connectivity index (χ4v) is 3.09. The first-order valence-electron chi connectivity index (χ1n) is 4.81. The molecule has 17 heavy (non-hydrogen) atoms. The van der Waals surface area contributed by atoms with Crippen LogP contribution in [-0.4, -0.2) is 22.1 Å². The fourth-order valence-electron chi connectivity index (χ4n) is 1.61. The van der Waals surface area contributed by atoms with Crippen LogP contribution in [0.2, 0.25) is 0 Å². The van der Waals surface area contributed by atoms with Gasteiger partial charge in [0.1, 0.15) is 11.8 Å². The van der Waals surface area contributed by atoms with Crippen LogP contribution in [0.4, 0.5) is 0 Å². The number of nitrogens with zero attached hydrogens (tertiary/aromatic N) is 3. The van der Waals surface area contributed by atoms with E-state index in [1.165, 1.54) is 0 Å². The van der Waals surface area contributed by atoms with Crippen molar-refractivity contribution in [2.24, 2.45) is 12.9 Å². The van der Waals surface area contributed by atoms with Crippen LogP contribution in [0.3, 0.4) is 0 Å². The minimum Gasteiger partial charge on any atom is -0.496 e. The first-order chi connectivity index (χ1) is 8.19. The highest BCUT2D eigenvalue weighted by molar-refractivity contribution is 9.10. The molecule has 2 rings (SSSR count). The molecule has 0 fully saturated rings. The predicted octanol–water partition coefficient (Wildman–Crippen LogP) is 1.20. The Morgan fingerprint density at radius 3 is 2.94 bits per heavy atom. The van der Waals surface area contributed by atoms with Crippen molar-refractivity contribution in [3.8, 4) is 5.75 Å². The largest absolute Gasteiger partial charge is 0.496 e. The smallest absolute Gasteiger partial charge is 0.153 e. The summed E-state index contributed by atoms with van der Waals surface area (Å²) in [5, 5.41) is 9.84. The van der Waals surface area contributed by atoms with E-state index >= 15 is 0 Å². The maximum absolute atomic E-state index is 5.63. The third-order valence-electron chi connectivity index (χ3n) is 2.41. The molecule has 1 unspecified atom stereocenters. The van der Waals surface area contributed by atoms with Gasteiger partial charge in [-0.1, -0.05) is 5.21 Å². The topological polar surface area (TPSA) is 78.0 Å². The number of nitrogens with two attached hydrogens (primary N) is 1. The molecule has 0 aliphatic rings. The molecule has 0 aliphatic heterocycles. The standard InChI is InChI=1S/C9H12BrN5OS/c1-15-7(9(10)13-14-15)6(12-11)8-5(16-2)3-4-17-8/h3-4,6,12H,11H2,1-2H3. The second-order valence-corrected chi connectivity index (χ2v) is 5.04. The van der Waals surface area contributed by atoms with Gasteiger partial charge in [-0.25, -0.2) is 10.1 Å². The second-order valence-electron chi connectivity index (χ2n) is 3.34. The fraction of sp³-hybridized carbons (Fsp3) is 0.333. The molecule has 2 aromatic rings. The number of halogens is 1. The second kappa shape index (κ2) is 5.13. The number of thiophene rings is 1. The summed E-state index contributed by atoms with van der Waals surface area (Å²) in [6, 6.07) is 1.70. The number of methoxy groups -OCH3 is 1. The lowest BCUT2D eigenvalue weighted by Gasteiger charge is -2.16. The highest BCUT2D eigenvalue weighted by Crippen LogP contribution is 2.35. The average Bonchev–Trinajstić information content (AvgIpc) is 2.91. The van der Waals surface area contributed by atoms with E-state index in [-0.39, 0.29) is 6.04 Å². The normalized spacial score (nSPS) is 12.7. The molecule has 0 aromatic carbocycles. The Labute approximate surface area is 111 Å². The van der Waals surface area contributed by atoms with Crippen molar-refractivity contribution in [3.63, 3.8) is 0 Å². The summed E-state index contributed by atoms with van der Waals surface area (Å²) in [5.41, 5.74) is 3.62. The molecular formula is C9H12BrN5OS. The zero-order valence-corrected chi connectivity index (χ0v) is 11.7. The minimum atomic E-state index is -0.209. The number of ether oxygens (including phenoxy) is 1. The van der Waals surface area contributed by atoms with Gasteiger partial charge in [0.15, 0.2) is 4.60 Å². The predicted molar refractivity (Wildman–Crippen MR) is 68.7 cm³/mol. The Morgan fingerprint density at radius 2 is 2.41 bits per heavy atom. The van der Waals surface area contributed by atoms with Gasteiger partial charge in [0.25, 0.3) is 0 Å². The van der Waals surface area contributed by atoms with Gasteiger partial charge in [-0.05, 0) is 27.4 Å². The maximum atomic E-state index is 5.63. The summed E-state index contributed by atoms with van der Waals surface area (Å²) >= 11 is 4.93. The molecule has 3 N–H and O–H groups in total. The molecule has 0 amide bonds. The van der Waals surface area contributed by atoms with Crippen molar-refractivity contribution in [1.29, 1.82) is 0 Å². The van der Waals surface area contributed by atoms with E-state index in [2.05, 4.69) is 31.7 Å². The van der Waals surface area contributed by atoms with Gasteiger partial charge >= 0.3 is 0 Å². The number of nitrogens with one attached hydrogen (secondary N) is 1. The first kappa shape index (κ1) is 12.5. The van der Waals surface area contributed by atoms with E-state index < -0.39 is 0 Å². The SMILES string of the molecule is COc1ccsc1C(NN)c1c(Br)nnn1C. The number of hydrazine groups is 1. The van der Waals surface area contributed by atoms with E-state index in [4.69, 9.17) is 10.6 Å². The van der Waals surface area contributed by atoms with Gasteiger partial charge in [-0.3, -0.25) is 5.84 Å². The molecule has 8 heteroatoms. The van der Waals surface area contributed by atoms with Crippen molar-refractivity contribution in [3.05, 3.63) is 26.6 Å². The number of aryl methyl sites for hydroxylation is 1. The molecule has 6 nitrogen and oxygen atoms in total. The molecule has 0 saturated carbocycles. The summed E-state index contributed by atoms with van der Waals surface area (Å²) in [4.78, 5) is 0.987. The molecule has 0 aliphatic carbocycles. The highest BCUT2D eigenvalue weighted by Gasteiger charge is 2.24. The molecular weight excluding hydrogens is 306 g/mol. The summed E-state index contributed by atoms with van der Waals surface area (Å²) in [7, 11) is 3.45. The molecule has 92 valence electrons. The third-order valence-corrected chi connectivity index (χ3v) is 3.93. The molecule has 2 aromatic heterocycles. The summed E-state index contributed by atoms with van der Waals surface area (Å²) < 4.78 is 7.63. The van der Waals surface area contributed by atoms with E-state index in [0.717, 1.165) is 16.3 Å². The lowest BCUT2D eigenvalue weighted by molar-refractivity contribution is 0.406. The summed E-state index contributed by atoms with van der Waals surface area (Å²) in [6.45, 7) is 0. The van der Waals surface area contributed by atoms with Gasteiger partial charge in [0, 0.05) is 7.05 Å². The lowest BCUT2D eigenvalue weighted by Crippen LogP contribution is -2.30.